The van der Waals surface area contributed by atoms with Crippen molar-refractivity contribution in [3.63, 3.8) is 0 Å². The number of aliphatic hydroxyl groups excluding tert-OH is 1. The molecule has 0 saturated carbocycles. The van der Waals surface area contributed by atoms with Crippen LogP contribution in [0.25, 0.3) is 0 Å². The summed E-state index contributed by atoms with van der Waals surface area (Å²) in [6, 6.07) is 0. The van der Waals surface area contributed by atoms with Gasteiger partial charge in [0.2, 0.25) is 0 Å². The number of carbonyl (C=O) groups is 1. The molecule has 0 aromatic carbocycles. The van der Waals surface area contributed by atoms with Crippen LogP contribution in [0.15, 0.2) is 5.29 Å². The van der Waals surface area contributed by atoms with Gasteiger partial charge in [-0.3, -0.25) is 4.79 Å². The lowest BCUT2D eigenvalue weighted by Gasteiger charge is -2.08. The Hall–Kier alpha value is -1.17. The van der Waals surface area contributed by atoms with Crippen molar-refractivity contribution < 1.29 is 14.6 Å². The minimum Gasteiger partial charge on any atom is -0.468 e. The highest BCUT2D eigenvalue weighted by molar-refractivity contribution is 5.71. The van der Waals surface area contributed by atoms with Crippen LogP contribution in [0.4, 0.5) is 0 Å². The Morgan fingerprint density at radius 3 is 2.70 bits per heavy atom. The molecule has 0 saturated heterocycles. The highest BCUT2D eigenvalue weighted by atomic mass is 16.5. The average Bonchev–Trinajstić information content (AvgIpc) is 1.99. The van der Waals surface area contributed by atoms with Crippen LogP contribution in [0, 0.1) is 4.91 Å². The standard InChI is InChI=1S/C4H8N2O4/c1-10-4(8)2-6(3-7)5-9/h7H,2-3H2,1H3. The van der Waals surface area contributed by atoms with E-state index in [0.717, 1.165) is 0 Å². The van der Waals surface area contributed by atoms with E-state index in [-0.39, 0.29) is 6.54 Å². The summed E-state index contributed by atoms with van der Waals surface area (Å²) < 4.78 is 4.19. The first-order valence-electron chi connectivity index (χ1n) is 2.50. The van der Waals surface area contributed by atoms with Crippen LogP contribution in [-0.2, 0) is 9.53 Å². The van der Waals surface area contributed by atoms with Crippen molar-refractivity contribution >= 4 is 5.97 Å². The fourth-order valence-electron chi connectivity index (χ4n) is 0.318. The lowest BCUT2D eigenvalue weighted by molar-refractivity contribution is -0.143. The summed E-state index contributed by atoms with van der Waals surface area (Å²) in [5, 5.41) is 11.3. The van der Waals surface area contributed by atoms with Gasteiger partial charge in [0.15, 0.2) is 0 Å². The van der Waals surface area contributed by atoms with E-state index in [1.54, 1.807) is 0 Å². The van der Waals surface area contributed by atoms with Crippen molar-refractivity contribution in [2.75, 3.05) is 20.4 Å². The first-order valence-corrected chi connectivity index (χ1v) is 2.50. The Bertz CT molecular complexity index is 126. The minimum absolute atomic E-state index is 0.323. The summed E-state index contributed by atoms with van der Waals surface area (Å²) in [5.74, 6) is -0.617. The molecule has 0 radical (unpaired) electrons. The summed E-state index contributed by atoms with van der Waals surface area (Å²) in [5.41, 5.74) is 0. The lowest BCUT2D eigenvalue weighted by atomic mass is 10.6. The van der Waals surface area contributed by atoms with Gasteiger partial charge >= 0.3 is 5.97 Å². The average molecular weight is 148 g/mol. The van der Waals surface area contributed by atoms with Crippen molar-refractivity contribution in [1.29, 1.82) is 0 Å². The van der Waals surface area contributed by atoms with E-state index in [1.807, 2.05) is 0 Å². The summed E-state index contributed by atoms with van der Waals surface area (Å²) >= 11 is 0. The van der Waals surface area contributed by atoms with E-state index < -0.39 is 12.7 Å². The molecule has 0 aliphatic rings. The zero-order valence-corrected chi connectivity index (χ0v) is 5.48. The van der Waals surface area contributed by atoms with Gasteiger partial charge in [0, 0.05) is 0 Å². The highest BCUT2D eigenvalue weighted by Gasteiger charge is 2.06. The maximum atomic E-state index is 10.4. The van der Waals surface area contributed by atoms with E-state index in [0.29, 0.717) is 5.01 Å². The summed E-state index contributed by atoms with van der Waals surface area (Å²) in [6.07, 6.45) is 0. The minimum atomic E-state index is -0.617. The molecule has 6 heteroatoms. The number of esters is 1. The van der Waals surface area contributed by atoms with E-state index in [9.17, 15) is 9.70 Å². The Morgan fingerprint density at radius 2 is 2.40 bits per heavy atom. The van der Waals surface area contributed by atoms with Gasteiger partial charge < -0.3 is 9.84 Å². The fraction of sp³-hybridized carbons (Fsp3) is 0.750. The van der Waals surface area contributed by atoms with Gasteiger partial charge in [0.05, 0.1) is 12.4 Å². The van der Waals surface area contributed by atoms with Gasteiger partial charge in [0.25, 0.3) is 0 Å². The number of nitroso groups, excluding NO2 is 1. The molecule has 0 bridgehead atoms. The van der Waals surface area contributed by atoms with Gasteiger partial charge in [-0.1, -0.05) is 0 Å². The Kier molecular flexibility index (Phi) is 4.14. The summed E-state index contributed by atoms with van der Waals surface area (Å²) in [6.45, 7) is -0.908. The molecular formula is C4H8N2O4. The zero-order chi connectivity index (χ0) is 7.98. The van der Waals surface area contributed by atoms with E-state index in [4.69, 9.17) is 5.11 Å². The Balaban J connectivity index is 3.62. The maximum absolute atomic E-state index is 10.4. The van der Waals surface area contributed by atoms with E-state index >= 15 is 0 Å². The van der Waals surface area contributed by atoms with Crippen molar-refractivity contribution in [3.05, 3.63) is 4.91 Å². The largest absolute Gasteiger partial charge is 0.468 e. The Labute approximate surface area is 57.3 Å². The maximum Gasteiger partial charge on any atom is 0.327 e. The second-order valence-corrected chi connectivity index (χ2v) is 1.46. The molecule has 0 aliphatic heterocycles. The molecule has 0 aromatic rings. The van der Waals surface area contributed by atoms with Gasteiger partial charge in [-0.25, -0.2) is 5.01 Å². The van der Waals surface area contributed by atoms with Gasteiger partial charge in [0.1, 0.15) is 13.3 Å². The molecule has 1 N–H and O–H groups in total. The zero-order valence-electron chi connectivity index (χ0n) is 5.48. The number of nitrogens with zero attached hydrogens (tertiary/aromatic N) is 2. The highest BCUT2D eigenvalue weighted by Crippen LogP contribution is 1.86. The third kappa shape index (κ3) is 2.98. The van der Waals surface area contributed by atoms with Crippen molar-refractivity contribution in [3.8, 4) is 0 Å². The molecule has 0 rings (SSSR count). The summed E-state index contributed by atoms with van der Waals surface area (Å²) in [4.78, 5) is 20.1. The number of rotatable bonds is 4. The molecule has 0 spiro atoms. The predicted octanol–water partition coefficient (Wildman–Crippen LogP) is -0.907. The molecule has 6 nitrogen and oxygen atoms in total. The molecule has 10 heavy (non-hydrogen) atoms. The second-order valence-electron chi connectivity index (χ2n) is 1.46. The van der Waals surface area contributed by atoms with Gasteiger partial charge in [-0.15, -0.1) is 4.91 Å². The molecule has 0 aromatic heterocycles. The molecule has 0 atom stereocenters. The molecule has 0 heterocycles. The SMILES string of the molecule is COC(=O)CN(CO)N=O. The first kappa shape index (κ1) is 8.83. The molecule has 58 valence electrons. The first-order chi connectivity index (χ1) is 4.74. The lowest BCUT2D eigenvalue weighted by Crippen LogP contribution is -2.26. The van der Waals surface area contributed by atoms with Crippen LogP contribution in [-0.4, -0.2) is 36.5 Å². The molecule has 0 amide bonds. The van der Waals surface area contributed by atoms with Crippen LogP contribution in [0.5, 0.6) is 0 Å². The number of methoxy groups -OCH3 is 1. The third-order valence-electron chi connectivity index (χ3n) is 0.818. The van der Waals surface area contributed by atoms with Crippen LogP contribution in [0.1, 0.15) is 0 Å². The second kappa shape index (κ2) is 4.68. The van der Waals surface area contributed by atoms with E-state index in [2.05, 4.69) is 10.0 Å². The van der Waals surface area contributed by atoms with Crippen LogP contribution in [0.2, 0.25) is 0 Å². The summed E-state index contributed by atoms with van der Waals surface area (Å²) in [7, 11) is 1.18. The van der Waals surface area contributed by atoms with E-state index in [1.165, 1.54) is 7.11 Å². The number of ether oxygens (including phenoxy) is 1. The van der Waals surface area contributed by atoms with Crippen LogP contribution in [0.3, 0.4) is 0 Å². The predicted molar refractivity (Wildman–Crippen MR) is 31.6 cm³/mol. The topological polar surface area (TPSA) is 79.2 Å². The molecule has 0 fully saturated rings. The van der Waals surface area contributed by atoms with Crippen molar-refractivity contribution in [2.24, 2.45) is 5.29 Å². The van der Waals surface area contributed by atoms with Crippen molar-refractivity contribution in [2.45, 2.75) is 0 Å². The van der Waals surface area contributed by atoms with Gasteiger partial charge in [-0.05, 0) is 0 Å². The number of aliphatic hydroxyl groups is 1. The molecule has 0 unspecified atom stereocenters. The molecule has 0 aliphatic carbocycles. The monoisotopic (exact) mass is 148 g/mol. The quantitative estimate of drug-likeness (QED) is 0.242. The van der Waals surface area contributed by atoms with Crippen molar-refractivity contribution in [1.82, 2.24) is 5.01 Å². The van der Waals surface area contributed by atoms with Crippen LogP contribution < -0.4 is 0 Å². The third-order valence-corrected chi connectivity index (χ3v) is 0.818. The normalized spacial score (nSPS) is 8.60. The van der Waals surface area contributed by atoms with Gasteiger partial charge in [-0.2, -0.15) is 0 Å². The number of hydrogen-bond donors (Lipinski definition) is 1. The smallest absolute Gasteiger partial charge is 0.327 e. The molecular weight excluding hydrogens is 140 g/mol. The number of hydrogen-bond acceptors (Lipinski definition) is 5. The Morgan fingerprint density at radius 1 is 1.80 bits per heavy atom. The fourth-order valence-corrected chi connectivity index (χ4v) is 0.318. The number of carbonyl (C=O) groups excluding carboxylic acids is 1. The van der Waals surface area contributed by atoms with Crippen LogP contribution >= 0.6 is 0 Å².